The number of aliphatic hydroxyl groups excluding tert-OH is 1. The van der Waals surface area contributed by atoms with Crippen molar-refractivity contribution in [3.63, 3.8) is 0 Å². The quantitative estimate of drug-likeness (QED) is 0.443. The summed E-state index contributed by atoms with van der Waals surface area (Å²) in [5.74, 6) is -0.462. The van der Waals surface area contributed by atoms with E-state index >= 15 is 0 Å². The second-order valence-corrected chi connectivity index (χ2v) is 4.01. The van der Waals surface area contributed by atoms with Crippen molar-refractivity contribution in [2.75, 3.05) is 6.54 Å². The van der Waals surface area contributed by atoms with Gasteiger partial charge in [0.1, 0.15) is 0 Å². The molecule has 0 spiro atoms. The first kappa shape index (κ1) is 15.6. The van der Waals surface area contributed by atoms with Crippen molar-refractivity contribution in [3.8, 4) is 5.75 Å². The van der Waals surface area contributed by atoms with Crippen molar-refractivity contribution in [1.29, 1.82) is 0 Å². The van der Waals surface area contributed by atoms with E-state index in [0.29, 0.717) is 5.56 Å². The fourth-order valence-corrected chi connectivity index (χ4v) is 1.46. The van der Waals surface area contributed by atoms with E-state index in [0.717, 1.165) is 0 Å². The molecule has 1 aromatic rings. The molecule has 0 aliphatic rings. The second kappa shape index (κ2) is 7.25. The molecule has 7 heteroatoms. The molecule has 0 radical (unpaired) electrons. The van der Waals surface area contributed by atoms with Gasteiger partial charge in [0.25, 0.3) is 5.91 Å². The Bertz CT molecular complexity index is 515. The van der Waals surface area contributed by atoms with Crippen LogP contribution in [0.3, 0.4) is 0 Å². The first-order valence-corrected chi connectivity index (χ1v) is 5.93. The molecule has 7 nitrogen and oxygen atoms in total. The van der Waals surface area contributed by atoms with Crippen LogP contribution in [0.2, 0.25) is 0 Å². The summed E-state index contributed by atoms with van der Waals surface area (Å²) in [6.07, 6.45) is 0.613. The van der Waals surface area contributed by atoms with Gasteiger partial charge in [-0.25, -0.2) is 0 Å². The highest BCUT2D eigenvalue weighted by Crippen LogP contribution is 2.28. The number of nitrogens with zero attached hydrogens (tertiary/aromatic N) is 1. The molecule has 1 unspecified atom stereocenters. The highest BCUT2D eigenvalue weighted by Gasteiger charge is 2.21. The summed E-state index contributed by atoms with van der Waals surface area (Å²) in [6.45, 7) is 4.95. The number of benzene rings is 1. The summed E-state index contributed by atoms with van der Waals surface area (Å²) >= 11 is 0. The van der Waals surface area contributed by atoms with Crippen LogP contribution in [-0.4, -0.2) is 28.6 Å². The molecule has 0 aliphatic carbocycles. The Morgan fingerprint density at radius 3 is 2.90 bits per heavy atom. The normalized spacial score (nSPS) is 11.5. The van der Waals surface area contributed by atoms with Gasteiger partial charge in [-0.3, -0.25) is 14.9 Å². The Kier molecular flexibility index (Phi) is 5.67. The average molecular weight is 280 g/mol. The molecular weight excluding hydrogens is 264 g/mol. The van der Waals surface area contributed by atoms with Gasteiger partial charge < -0.3 is 15.2 Å². The van der Waals surface area contributed by atoms with Crippen LogP contribution in [0.5, 0.6) is 5.75 Å². The minimum Gasteiger partial charge on any atom is -0.474 e. The highest BCUT2D eigenvalue weighted by atomic mass is 16.6. The van der Waals surface area contributed by atoms with Gasteiger partial charge in [0.15, 0.2) is 11.9 Å². The summed E-state index contributed by atoms with van der Waals surface area (Å²) in [5, 5.41) is 22.5. The first-order chi connectivity index (χ1) is 9.49. The van der Waals surface area contributed by atoms with Gasteiger partial charge in [0.2, 0.25) is 0 Å². The smallest absolute Gasteiger partial charge is 0.310 e. The topological polar surface area (TPSA) is 102 Å². The lowest BCUT2D eigenvalue weighted by atomic mass is 10.2. The van der Waals surface area contributed by atoms with E-state index in [1.165, 1.54) is 31.2 Å². The molecule has 0 aliphatic heterocycles. The molecule has 0 fully saturated rings. The van der Waals surface area contributed by atoms with Crippen molar-refractivity contribution in [1.82, 2.24) is 5.32 Å². The maximum Gasteiger partial charge on any atom is 0.310 e. The molecule has 1 atom stereocenters. The molecule has 1 aromatic carbocycles. The number of nitro groups is 1. The summed E-state index contributed by atoms with van der Waals surface area (Å²) in [5.41, 5.74) is 0.204. The van der Waals surface area contributed by atoms with Crippen LogP contribution in [0, 0.1) is 10.1 Å². The lowest BCUT2D eigenvalue weighted by Crippen LogP contribution is -2.36. The minimum absolute atomic E-state index is 0.0530. The fourth-order valence-electron chi connectivity index (χ4n) is 1.46. The lowest BCUT2D eigenvalue weighted by molar-refractivity contribution is -0.386. The summed E-state index contributed by atoms with van der Waals surface area (Å²) < 4.78 is 5.31. The Morgan fingerprint density at radius 1 is 1.65 bits per heavy atom. The number of hydrogen-bond donors (Lipinski definition) is 2. The molecule has 0 saturated heterocycles. The number of amides is 1. The van der Waals surface area contributed by atoms with E-state index in [1.807, 2.05) is 0 Å². The maximum absolute atomic E-state index is 11.6. The molecule has 1 rings (SSSR count). The predicted molar refractivity (Wildman–Crippen MR) is 72.3 cm³/mol. The monoisotopic (exact) mass is 280 g/mol. The molecule has 20 heavy (non-hydrogen) atoms. The zero-order valence-electron chi connectivity index (χ0n) is 11.0. The first-order valence-electron chi connectivity index (χ1n) is 5.93. The van der Waals surface area contributed by atoms with Gasteiger partial charge in [-0.05, 0) is 24.6 Å². The van der Waals surface area contributed by atoms with Gasteiger partial charge in [0.05, 0.1) is 11.5 Å². The van der Waals surface area contributed by atoms with Crippen LogP contribution in [0.15, 0.2) is 30.9 Å². The molecule has 0 bridgehead atoms. The van der Waals surface area contributed by atoms with E-state index in [1.54, 1.807) is 0 Å². The van der Waals surface area contributed by atoms with Gasteiger partial charge in [-0.15, -0.1) is 6.58 Å². The predicted octanol–water partition coefficient (Wildman–Crippen LogP) is 1.16. The van der Waals surface area contributed by atoms with E-state index in [9.17, 15) is 14.9 Å². The molecule has 0 heterocycles. The Morgan fingerprint density at radius 2 is 2.35 bits per heavy atom. The third-order valence-corrected chi connectivity index (χ3v) is 2.50. The van der Waals surface area contributed by atoms with Gasteiger partial charge >= 0.3 is 5.69 Å². The third-order valence-electron chi connectivity index (χ3n) is 2.50. The Labute approximate surface area is 116 Å². The van der Waals surface area contributed by atoms with E-state index in [-0.39, 0.29) is 24.6 Å². The van der Waals surface area contributed by atoms with Crippen molar-refractivity contribution in [2.24, 2.45) is 0 Å². The van der Waals surface area contributed by atoms with Crippen LogP contribution in [0.25, 0.3) is 0 Å². The van der Waals surface area contributed by atoms with Crippen LogP contribution in [0.1, 0.15) is 12.5 Å². The zero-order chi connectivity index (χ0) is 15.1. The molecule has 108 valence electrons. The average Bonchev–Trinajstić information content (AvgIpc) is 2.44. The maximum atomic E-state index is 11.6. The molecule has 0 aromatic heterocycles. The molecule has 1 amide bonds. The van der Waals surface area contributed by atoms with E-state index < -0.39 is 16.9 Å². The number of aliphatic hydroxyl groups is 1. The number of carbonyl (C=O) groups excluding carboxylic acids is 1. The van der Waals surface area contributed by atoms with Gasteiger partial charge in [-0.2, -0.15) is 0 Å². The van der Waals surface area contributed by atoms with E-state index in [2.05, 4.69) is 11.9 Å². The standard InChI is InChI=1S/C13H16N2O5/c1-3-6-14-13(17)9(2)20-12-7-10(8-16)4-5-11(12)15(18)19/h3-5,7,9,16H,1,6,8H2,2H3,(H,14,17). The third kappa shape index (κ3) is 4.06. The van der Waals surface area contributed by atoms with Crippen molar-refractivity contribution >= 4 is 11.6 Å². The SMILES string of the molecule is C=CCNC(=O)C(C)Oc1cc(CO)ccc1[N+](=O)[O-]. The van der Waals surface area contributed by atoms with Crippen LogP contribution >= 0.6 is 0 Å². The molecule has 0 saturated carbocycles. The largest absolute Gasteiger partial charge is 0.474 e. The van der Waals surface area contributed by atoms with E-state index in [4.69, 9.17) is 9.84 Å². The minimum atomic E-state index is -0.900. The number of hydrogen-bond acceptors (Lipinski definition) is 5. The lowest BCUT2D eigenvalue weighted by Gasteiger charge is -2.14. The highest BCUT2D eigenvalue weighted by molar-refractivity contribution is 5.81. The zero-order valence-corrected chi connectivity index (χ0v) is 11.0. The summed E-state index contributed by atoms with van der Waals surface area (Å²) in [7, 11) is 0. The number of nitrogens with one attached hydrogen (secondary N) is 1. The van der Waals surface area contributed by atoms with Crippen molar-refractivity contribution < 1.29 is 19.6 Å². The van der Waals surface area contributed by atoms with Crippen molar-refractivity contribution in [2.45, 2.75) is 19.6 Å². The van der Waals surface area contributed by atoms with Crippen molar-refractivity contribution in [3.05, 3.63) is 46.5 Å². The fraction of sp³-hybridized carbons (Fsp3) is 0.308. The van der Waals surface area contributed by atoms with Crippen LogP contribution in [0.4, 0.5) is 5.69 Å². The summed E-state index contributed by atoms with van der Waals surface area (Å²) in [6, 6.07) is 4.00. The summed E-state index contributed by atoms with van der Waals surface area (Å²) in [4.78, 5) is 21.9. The second-order valence-electron chi connectivity index (χ2n) is 4.01. The van der Waals surface area contributed by atoms with Gasteiger partial charge in [0, 0.05) is 12.6 Å². The number of ether oxygens (including phenoxy) is 1. The number of nitro benzene ring substituents is 1. The molecule has 2 N–H and O–H groups in total. The Balaban J connectivity index is 2.91. The Hall–Kier alpha value is -2.41. The van der Waals surface area contributed by atoms with Crippen LogP contribution < -0.4 is 10.1 Å². The number of rotatable bonds is 7. The van der Waals surface area contributed by atoms with Crippen LogP contribution in [-0.2, 0) is 11.4 Å². The van der Waals surface area contributed by atoms with Gasteiger partial charge in [-0.1, -0.05) is 6.08 Å². The number of carbonyl (C=O) groups is 1. The molecular formula is C13H16N2O5.